The molecule has 2 N–H and O–H groups in total. The molecule has 0 saturated carbocycles. The summed E-state index contributed by atoms with van der Waals surface area (Å²) >= 11 is 0. The molecule has 2 aromatic carbocycles. The quantitative estimate of drug-likeness (QED) is 0.787. The van der Waals surface area contributed by atoms with Gasteiger partial charge in [-0.2, -0.15) is 0 Å². The van der Waals surface area contributed by atoms with E-state index in [9.17, 15) is 5.11 Å². The van der Waals surface area contributed by atoms with Gasteiger partial charge in [0.25, 0.3) is 0 Å². The van der Waals surface area contributed by atoms with Gasteiger partial charge in [0.1, 0.15) is 18.5 Å². The Hall–Kier alpha value is -1.84. The summed E-state index contributed by atoms with van der Waals surface area (Å²) in [5, 5.41) is 13.4. The SMILES string of the molecule is Cc1ccccc1OC[C@@H](O)CN[C@@H](C)Cc1ccccc1. The fourth-order valence-electron chi connectivity index (χ4n) is 2.34. The third-order valence-electron chi connectivity index (χ3n) is 3.61. The maximum atomic E-state index is 10.0. The standard InChI is InChI=1S/C19H25NO2/c1-15-8-6-7-11-19(15)22-14-18(21)13-20-16(2)12-17-9-4-3-5-10-17/h3-11,16,18,20-21H,12-14H2,1-2H3/t16-,18-/m0/s1. The number of rotatable bonds is 8. The third kappa shape index (κ3) is 5.51. The van der Waals surface area contributed by atoms with Crippen LogP contribution in [0.1, 0.15) is 18.1 Å². The Balaban J connectivity index is 1.69. The predicted octanol–water partition coefficient (Wildman–Crippen LogP) is 2.96. The Morgan fingerprint density at radius 3 is 2.45 bits per heavy atom. The van der Waals surface area contributed by atoms with Gasteiger partial charge in [-0.05, 0) is 37.5 Å². The Bertz CT molecular complexity index is 556. The van der Waals surface area contributed by atoms with Crippen molar-refractivity contribution in [3.8, 4) is 5.75 Å². The molecule has 0 heterocycles. The number of aliphatic hydroxyl groups excluding tert-OH is 1. The number of hydrogen-bond acceptors (Lipinski definition) is 3. The van der Waals surface area contributed by atoms with Gasteiger partial charge in [-0.1, -0.05) is 48.5 Å². The lowest BCUT2D eigenvalue weighted by molar-refractivity contribution is 0.104. The van der Waals surface area contributed by atoms with E-state index in [1.54, 1.807) is 0 Å². The van der Waals surface area contributed by atoms with Crippen molar-refractivity contribution in [3.05, 3.63) is 65.7 Å². The highest BCUT2D eigenvalue weighted by Gasteiger charge is 2.09. The van der Waals surface area contributed by atoms with Crippen LogP contribution in [-0.2, 0) is 6.42 Å². The van der Waals surface area contributed by atoms with Gasteiger partial charge in [0, 0.05) is 12.6 Å². The summed E-state index contributed by atoms with van der Waals surface area (Å²) in [7, 11) is 0. The molecule has 0 fully saturated rings. The first-order chi connectivity index (χ1) is 10.6. The van der Waals surface area contributed by atoms with E-state index < -0.39 is 6.10 Å². The van der Waals surface area contributed by atoms with Gasteiger partial charge < -0.3 is 15.2 Å². The van der Waals surface area contributed by atoms with Gasteiger partial charge >= 0.3 is 0 Å². The maximum absolute atomic E-state index is 10.0. The van der Waals surface area contributed by atoms with Gasteiger partial charge in [0.15, 0.2) is 0 Å². The van der Waals surface area contributed by atoms with Crippen LogP contribution in [0.2, 0.25) is 0 Å². The van der Waals surface area contributed by atoms with E-state index in [1.165, 1.54) is 5.56 Å². The third-order valence-corrected chi connectivity index (χ3v) is 3.61. The van der Waals surface area contributed by atoms with E-state index in [2.05, 4.69) is 24.4 Å². The predicted molar refractivity (Wildman–Crippen MR) is 90.3 cm³/mol. The van der Waals surface area contributed by atoms with Crippen molar-refractivity contribution in [3.63, 3.8) is 0 Å². The number of aliphatic hydroxyl groups is 1. The summed E-state index contributed by atoms with van der Waals surface area (Å²) < 4.78 is 5.66. The molecule has 0 bridgehead atoms. The van der Waals surface area contributed by atoms with E-state index >= 15 is 0 Å². The second kappa shape index (κ2) is 8.57. The van der Waals surface area contributed by atoms with Crippen LogP contribution in [-0.4, -0.2) is 30.4 Å². The molecule has 0 amide bonds. The number of nitrogens with one attached hydrogen (secondary N) is 1. The molecule has 0 aliphatic carbocycles. The zero-order valence-corrected chi connectivity index (χ0v) is 13.3. The summed E-state index contributed by atoms with van der Waals surface area (Å²) in [5.74, 6) is 0.832. The first-order valence-corrected chi connectivity index (χ1v) is 7.79. The normalized spacial score (nSPS) is 13.6. The van der Waals surface area contributed by atoms with E-state index in [0.29, 0.717) is 19.2 Å². The van der Waals surface area contributed by atoms with Gasteiger partial charge in [0.2, 0.25) is 0 Å². The number of aryl methyl sites for hydroxylation is 1. The van der Waals surface area contributed by atoms with Crippen molar-refractivity contribution in [2.75, 3.05) is 13.2 Å². The topological polar surface area (TPSA) is 41.5 Å². The van der Waals surface area contributed by atoms with Crippen LogP contribution < -0.4 is 10.1 Å². The van der Waals surface area contributed by atoms with Crippen LogP contribution in [0, 0.1) is 6.92 Å². The number of hydrogen-bond donors (Lipinski definition) is 2. The van der Waals surface area contributed by atoms with Crippen LogP contribution >= 0.6 is 0 Å². The average molecular weight is 299 g/mol. The van der Waals surface area contributed by atoms with Crippen LogP contribution in [0.5, 0.6) is 5.75 Å². The second-order valence-electron chi connectivity index (χ2n) is 5.73. The van der Waals surface area contributed by atoms with Gasteiger partial charge in [-0.25, -0.2) is 0 Å². The molecule has 0 aliphatic rings. The van der Waals surface area contributed by atoms with Gasteiger partial charge in [-0.3, -0.25) is 0 Å². The van der Waals surface area contributed by atoms with E-state index in [-0.39, 0.29) is 0 Å². The molecule has 22 heavy (non-hydrogen) atoms. The second-order valence-corrected chi connectivity index (χ2v) is 5.73. The lowest BCUT2D eigenvalue weighted by Crippen LogP contribution is -2.37. The number of benzene rings is 2. The molecule has 3 heteroatoms. The van der Waals surface area contributed by atoms with Crippen LogP contribution in [0.15, 0.2) is 54.6 Å². The molecule has 2 rings (SSSR count). The first kappa shape index (κ1) is 16.5. The highest BCUT2D eigenvalue weighted by atomic mass is 16.5. The smallest absolute Gasteiger partial charge is 0.122 e. The first-order valence-electron chi connectivity index (χ1n) is 7.79. The molecule has 0 radical (unpaired) electrons. The minimum absolute atomic E-state index is 0.301. The summed E-state index contributed by atoms with van der Waals surface area (Å²) in [6.07, 6.45) is 0.435. The minimum atomic E-state index is -0.516. The number of ether oxygens (including phenoxy) is 1. The summed E-state index contributed by atoms with van der Waals surface area (Å²) in [6, 6.07) is 18.5. The molecule has 0 spiro atoms. The average Bonchev–Trinajstić information content (AvgIpc) is 2.53. The monoisotopic (exact) mass is 299 g/mol. The molecular weight excluding hydrogens is 274 g/mol. The molecule has 3 nitrogen and oxygen atoms in total. The van der Waals surface area contributed by atoms with Crippen LogP contribution in [0.25, 0.3) is 0 Å². The van der Waals surface area contributed by atoms with Crippen molar-refractivity contribution in [1.82, 2.24) is 5.32 Å². The van der Waals surface area contributed by atoms with Gasteiger partial charge in [0.05, 0.1) is 0 Å². The molecule has 0 aliphatic heterocycles. The lowest BCUT2D eigenvalue weighted by Gasteiger charge is -2.18. The maximum Gasteiger partial charge on any atom is 0.122 e. The molecule has 2 atom stereocenters. The van der Waals surface area contributed by atoms with Crippen LogP contribution in [0.3, 0.4) is 0 Å². The largest absolute Gasteiger partial charge is 0.491 e. The Morgan fingerprint density at radius 2 is 1.73 bits per heavy atom. The molecule has 0 saturated heterocycles. The van der Waals surface area contributed by atoms with Crippen molar-refractivity contribution in [1.29, 1.82) is 0 Å². The molecular formula is C19H25NO2. The Morgan fingerprint density at radius 1 is 1.05 bits per heavy atom. The summed E-state index contributed by atoms with van der Waals surface area (Å²) in [4.78, 5) is 0. The Kier molecular flexibility index (Phi) is 6.44. The van der Waals surface area contributed by atoms with E-state index in [0.717, 1.165) is 17.7 Å². The van der Waals surface area contributed by atoms with E-state index in [4.69, 9.17) is 4.74 Å². The highest BCUT2D eigenvalue weighted by molar-refractivity contribution is 5.31. The summed E-state index contributed by atoms with van der Waals surface area (Å²) in [5.41, 5.74) is 2.38. The van der Waals surface area contributed by atoms with Crippen molar-refractivity contribution >= 4 is 0 Å². The van der Waals surface area contributed by atoms with Crippen molar-refractivity contribution < 1.29 is 9.84 Å². The zero-order valence-electron chi connectivity index (χ0n) is 13.3. The zero-order chi connectivity index (χ0) is 15.8. The summed E-state index contributed by atoms with van der Waals surface area (Å²) in [6.45, 7) is 4.96. The lowest BCUT2D eigenvalue weighted by atomic mass is 10.1. The molecule has 0 aromatic heterocycles. The van der Waals surface area contributed by atoms with E-state index in [1.807, 2.05) is 49.4 Å². The minimum Gasteiger partial charge on any atom is -0.491 e. The Labute approximate surface area is 133 Å². The molecule has 0 unspecified atom stereocenters. The number of para-hydroxylation sites is 1. The fraction of sp³-hybridized carbons (Fsp3) is 0.368. The fourth-order valence-corrected chi connectivity index (χ4v) is 2.34. The van der Waals surface area contributed by atoms with Crippen molar-refractivity contribution in [2.45, 2.75) is 32.4 Å². The van der Waals surface area contributed by atoms with Crippen LogP contribution in [0.4, 0.5) is 0 Å². The van der Waals surface area contributed by atoms with Crippen molar-refractivity contribution in [2.24, 2.45) is 0 Å². The highest BCUT2D eigenvalue weighted by Crippen LogP contribution is 2.16. The molecule has 2 aromatic rings. The molecule has 118 valence electrons. The van der Waals surface area contributed by atoms with Gasteiger partial charge in [-0.15, -0.1) is 0 Å².